The average Bonchev–Trinajstić information content (AvgIpc) is 3.50. The third kappa shape index (κ3) is 17.2. The van der Waals surface area contributed by atoms with E-state index in [1.165, 1.54) is 25.7 Å². The van der Waals surface area contributed by atoms with E-state index >= 15 is 0 Å². The number of carbonyl (C=O) groups is 6. The molecule has 0 aromatic rings. The Morgan fingerprint density at radius 3 is 1.81 bits per heavy atom. The number of Topliss-reactive ketones (excluding diaryl/α,β-unsaturated/α-hetero) is 1. The SMILES string of the molecule is CN(C)CCOCCOCCOCCOCCOCCOCCC(=O)OCC(=O)[C@H](C[C@@H]1CCNC1=O)NC(=O)[C@@H]1[C@@H]2C(CN1C(=O)[C@@H](NC(=O)C(F)(F)F)C(C)(C)C)C2(C)C. The molecular weight excluding hydrogens is 827 g/mol. The molecule has 1 unspecified atom stereocenters. The van der Waals surface area contributed by atoms with Crippen molar-refractivity contribution in [1.82, 2.24) is 25.8 Å². The van der Waals surface area contributed by atoms with Crippen LogP contribution in [0.2, 0.25) is 0 Å². The maximum atomic E-state index is 14.1. The van der Waals surface area contributed by atoms with Gasteiger partial charge >= 0.3 is 18.1 Å². The molecule has 2 saturated heterocycles. The summed E-state index contributed by atoms with van der Waals surface area (Å²) in [6.07, 6.45) is -5.13. The van der Waals surface area contributed by atoms with E-state index in [0.29, 0.717) is 72.4 Å². The van der Waals surface area contributed by atoms with Crippen LogP contribution in [0.5, 0.6) is 0 Å². The zero-order chi connectivity index (χ0) is 46.1. The highest BCUT2D eigenvalue weighted by molar-refractivity contribution is 5.97. The van der Waals surface area contributed by atoms with Gasteiger partial charge in [0.15, 0.2) is 12.4 Å². The Morgan fingerprint density at radius 2 is 1.34 bits per heavy atom. The van der Waals surface area contributed by atoms with Crippen LogP contribution in [0.15, 0.2) is 0 Å². The first-order valence-corrected chi connectivity index (χ1v) is 21.2. The standard InChI is InChI=1S/C41H68F3N5O13/c1-39(2,3)34(47-38(55)41(42,43)44)37(54)49-25-28-32(40(28,4)5)33(49)36(53)46-29(24-27-8-10-45-35(27)52)30(50)26-62-31(51)9-12-56-14-16-58-18-20-60-22-23-61-21-19-59-17-15-57-13-11-48(6)7/h27-29,32-34H,8-26H2,1-7H3,(H,45,52)(H,46,53)(H,47,55)/t27-,28?,29-,32-,33-,34+/m0/s1. The highest BCUT2D eigenvalue weighted by Gasteiger charge is 2.70. The van der Waals surface area contributed by atoms with Crippen LogP contribution in [0.1, 0.15) is 53.9 Å². The first kappa shape index (κ1) is 52.9. The molecule has 3 rings (SSSR count). The van der Waals surface area contributed by atoms with E-state index in [0.717, 1.165) is 6.54 Å². The average molecular weight is 896 g/mol. The zero-order valence-corrected chi connectivity index (χ0v) is 37.2. The predicted molar refractivity (Wildman–Crippen MR) is 215 cm³/mol. The van der Waals surface area contributed by atoms with Gasteiger partial charge in [0.2, 0.25) is 17.7 Å². The van der Waals surface area contributed by atoms with Crippen LogP contribution in [-0.2, 0) is 61.9 Å². The predicted octanol–water partition coefficient (Wildman–Crippen LogP) is 0.737. The number of piperidine rings is 1. The Balaban J connectivity index is 1.39. The quantitative estimate of drug-likeness (QED) is 0.0672. The van der Waals surface area contributed by atoms with Crippen LogP contribution >= 0.6 is 0 Å². The van der Waals surface area contributed by atoms with Gasteiger partial charge in [-0.25, -0.2) is 0 Å². The summed E-state index contributed by atoms with van der Waals surface area (Å²) in [5.41, 5.74) is -1.56. The first-order chi connectivity index (χ1) is 29.2. The lowest BCUT2D eigenvalue weighted by Crippen LogP contribution is -2.61. The summed E-state index contributed by atoms with van der Waals surface area (Å²) in [6, 6.07) is -4.08. The molecule has 0 bridgehead atoms. The fourth-order valence-electron chi connectivity index (χ4n) is 7.45. The lowest BCUT2D eigenvalue weighted by Gasteiger charge is -2.38. The van der Waals surface area contributed by atoms with Crippen molar-refractivity contribution in [3.63, 3.8) is 0 Å². The number of amides is 4. The number of ketones is 1. The second-order valence-electron chi connectivity index (χ2n) is 17.6. The molecule has 21 heteroatoms. The van der Waals surface area contributed by atoms with Crippen molar-refractivity contribution in [2.24, 2.45) is 28.6 Å². The first-order valence-electron chi connectivity index (χ1n) is 21.2. The number of rotatable bonds is 30. The summed E-state index contributed by atoms with van der Waals surface area (Å²) in [7, 11) is 3.97. The van der Waals surface area contributed by atoms with E-state index in [1.807, 2.05) is 38.2 Å². The highest BCUT2D eigenvalue weighted by Crippen LogP contribution is 2.65. The molecule has 3 N–H and O–H groups in total. The highest BCUT2D eigenvalue weighted by atomic mass is 19.4. The number of halogens is 3. The lowest BCUT2D eigenvalue weighted by molar-refractivity contribution is -0.176. The summed E-state index contributed by atoms with van der Waals surface area (Å²) < 4.78 is 77.6. The number of likely N-dealkylation sites (tertiary alicyclic amines) is 1. The minimum Gasteiger partial charge on any atom is -0.458 e. The fourth-order valence-corrected chi connectivity index (χ4v) is 7.45. The third-order valence-corrected chi connectivity index (χ3v) is 11.2. The summed E-state index contributed by atoms with van der Waals surface area (Å²) in [5, 5.41) is 7.17. The molecule has 62 heavy (non-hydrogen) atoms. The largest absolute Gasteiger partial charge is 0.471 e. The molecule has 2 aliphatic heterocycles. The Hall–Kier alpha value is -3.47. The second kappa shape index (κ2) is 25.1. The van der Waals surface area contributed by atoms with Crippen molar-refractivity contribution in [3.8, 4) is 0 Å². The Kier molecular flexibility index (Phi) is 21.4. The Morgan fingerprint density at radius 1 is 0.823 bits per heavy atom. The van der Waals surface area contributed by atoms with Crippen molar-refractivity contribution in [2.45, 2.75) is 78.2 Å². The fraction of sp³-hybridized carbons (Fsp3) is 0.854. The van der Waals surface area contributed by atoms with Crippen LogP contribution in [-0.4, -0.2) is 189 Å². The van der Waals surface area contributed by atoms with Crippen LogP contribution in [0, 0.1) is 28.6 Å². The van der Waals surface area contributed by atoms with Crippen LogP contribution in [0.4, 0.5) is 13.2 Å². The van der Waals surface area contributed by atoms with Gasteiger partial charge in [-0.2, -0.15) is 13.2 Å². The van der Waals surface area contributed by atoms with Crippen LogP contribution in [0.3, 0.4) is 0 Å². The minimum atomic E-state index is -5.24. The van der Waals surface area contributed by atoms with Crippen molar-refractivity contribution in [1.29, 1.82) is 0 Å². The summed E-state index contributed by atoms with van der Waals surface area (Å²) in [5.74, 6) is -6.81. The van der Waals surface area contributed by atoms with E-state index in [2.05, 4.69) is 10.6 Å². The number of hydrogen-bond donors (Lipinski definition) is 3. The third-order valence-electron chi connectivity index (χ3n) is 11.2. The molecule has 0 aromatic heterocycles. The molecule has 0 spiro atoms. The van der Waals surface area contributed by atoms with Crippen LogP contribution in [0.25, 0.3) is 0 Å². The molecule has 4 amide bonds. The number of carbonyl (C=O) groups excluding carboxylic acids is 6. The van der Waals surface area contributed by atoms with Crippen molar-refractivity contribution in [2.75, 3.05) is 120 Å². The molecule has 0 radical (unpaired) electrons. The number of esters is 1. The number of ether oxygens (including phenoxy) is 7. The smallest absolute Gasteiger partial charge is 0.458 e. The maximum absolute atomic E-state index is 14.1. The monoisotopic (exact) mass is 895 g/mol. The number of hydrogen-bond acceptors (Lipinski definition) is 14. The van der Waals surface area contributed by atoms with Gasteiger partial charge in [-0.05, 0) is 49.6 Å². The molecular formula is C41H68F3N5O13. The molecule has 3 aliphatic rings. The molecule has 18 nitrogen and oxygen atoms in total. The molecule has 3 fully saturated rings. The van der Waals surface area contributed by atoms with E-state index in [9.17, 15) is 41.9 Å². The van der Waals surface area contributed by atoms with Gasteiger partial charge in [-0.1, -0.05) is 34.6 Å². The second-order valence-corrected chi connectivity index (χ2v) is 17.6. The van der Waals surface area contributed by atoms with Gasteiger partial charge in [0.1, 0.15) is 12.1 Å². The summed E-state index contributed by atoms with van der Waals surface area (Å²) in [6.45, 7) is 13.4. The van der Waals surface area contributed by atoms with Crippen molar-refractivity contribution < 1.29 is 75.1 Å². The Bertz CT molecular complexity index is 1480. The van der Waals surface area contributed by atoms with Crippen molar-refractivity contribution >= 4 is 35.4 Å². The lowest BCUT2D eigenvalue weighted by atomic mass is 9.85. The molecule has 6 atom stereocenters. The Labute approximate surface area is 362 Å². The van der Waals surface area contributed by atoms with Gasteiger partial charge in [-0.3, -0.25) is 28.8 Å². The number of nitrogens with one attached hydrogen (secondary N) is 3. The number of alkyl halides is 3. The topological polar surface area (TPSA) is 210 Å². The maximum Gasteiger partial charge on any atom is 0.471 e. The van der Waals surface area contributed by atoms with Gasteiger partial charge in [0.05, 0.1) is 91.7 Å². The normalized spacial score (nSPS) is 21.6. The summed E-state index contributed by atoms with van der Waals surface area (Å²) in [4.78, 5) is 81.6. The number of nitrogens with zero attached hydrogens (tertiary/aromatic N) is 2. The molecule has 1 saturated carbocycles. The zero-order valence-electron chi connectivity index (χ0n) is 37.2. The number of fused-ring (bicyclic) bond motifs is 1. The summed E-state index contributed by atoms with van der Waals surface area (Å²) >= 11 is 0. The molecule has 356 valence electrons. The van der Waals surface area contributed by atoms with E-state index < -0.39 is 77.1 Å². The van der Waals surface area contributed by atoms with Gasteiger partial charge < -0.3 is 58.9 Å². The van der Waals surface area contributed by atoms with Gasteiger partial charge in [0, 0.05) is 25.6 Å². The van der Waals surface area contributed by atoms with E-state index in [4.69, 9.17) is 33.2 Å². The van der Waals surface area contributed by atoms with Crippen molar-refractivity contribution in [3.05, 3.63) is 0 Å². The number of likely N-dealkylation sites (N-methyl/N-ethyl adjacent to an activating group) is 1. The van der Waals surface area contributed by atoms with Gasteiger partial charge in [0.25, 0.3) is 0 Å². The van der Waals surface area contributed by atoms with E-state index in [-0.39, 0.29) is 57.0 Å². The molecule has 2 heterocycles. The molecule has 0 aromatic carbocycles. The molecule has 1 aliphatic carbocycles. The van der Waals surface area contributed by atoms with Gasteiger partial charge in [-0.15, -0.1) is 0 Å². The minimum absolute atomic E-state index is 0.0112. The van der Waals surface area contributed by atoms with E-state index in [1.54, 1.807) is 0 Å². The van der Waals surface area contributed by atoms with Crippen LogP contribution < -0.4 is 16.0 Å².